The van der Waals surface area contributed by atoms with E-state index in [0.717, 1.165) is 32.1 Å². The topological polar surface area (TPSA) is 54.6 Å². The van der Waals surface area contributed by atoms with Gasteiger partial charge < -0.3 is 5.11 Å². The van der Waals surface area contributed by atoms with Crippen molar-refractivity contribution in [3.8, 4) is 11.3 Å². The van der Waals surface area contributed by atoms with E-state index in [2.05, 4.69) is 28.7 Å². The van der Waals surface area contributed by atoms with Gasteiger partial charge >= 0.3 is 5.97 Å². The van der Waals surface area contributed by atoms with Gasteiger partial charge in [-0.1, -0.05) is 53.3 Å². The number of carboxylic acids is 1. The van der Waals surface area contributed by atoms with Gasteiger partial charge in [-0.3, -0.25) is 9.20 Å². The van der Waals surface area contributed by atoms with E-state index in [1.54, 1.807) is 11.3 Å². The molecule has 2 heterocycles. The van der Waals surface area contributed by atoms with Crippen molar-refractivity contribution in [2.24, 2.45) is 0 Å². The molecule has 0 aliphatic heterocycles. The van der Waals surface area contributed by atoms with Crippen molar-refractivity contribution in [3.05, 3.63) is 59.8 Å². The van der Waals surface area contributed by atoms with Gasteiger partial charge in [0.1, 0.15) is 0 Å². The lowest BCUT2D eigenvalue weighted by Gasteiger charge is -2.05. The molecule has 0 saturated heterocycles. The number of rotatable bonds is 4. The van der Waals surface area contributed by atoms with Crippen molar-refractivity contribution in [2.45, 2.75) is 19.8 Å². The van der Waals surface area contributed by atoms with Gasteiger partial charge in [0.15, 0.2) is 4.96 Å². The van der Waals surface area contributed by atoms with E-state index in [1.165, 1.54) is 5.56 Å². The number of carboxylic acid groups (broad SMARTS) is 1. The van der Waals surface area contributed by atoms with Crippen molar-refractivity contribution in [2.75, 3.05) is 0 Å². The number of hydrogen-bond donors (Lipinski definition) is 1. The second-order valence-electron chi connectivity index (χ2n) is 5.85. The fourth-order valence-corrected chi connectivity index (χ4v) is 4.02. The second-order valence-corrected chi connectivity index (χ2v) is 6.86. The molecule has 1 N–H and O–H groups in total. The fourth-order valence-electron chi connectivity index (χ4n) is 2.97. The summed E-state index contributed by atoms with van der Waals surface area (Å²) in [6.07, 6.45) is 0.553. The van der Waals surface area contributed by atoms with Crippen LogP contribution in [0, 0.1) is 6.92 Å². The Kier molecular flexibility index (Phi) is 3.58. The highest BCUT2D eigenvalue weighted by atomic mass is 32.1. The minimum atomic E-state index is -0.792. The van der Waals surface area contributed by atoms with Gasteiger partial charge in [-0.25, -0.2) is 4.98 Å². The summed E-state index contributed by atoms with van der Waals surface area (Å²) in [4.78, 5) is 16.8. The number of aliphatic carboxylic acids is 1. The largest absolute Gasteiger partial charge is 0.481 e. The average Bonchev–Trinajstić information content (AvgIpc) is 3.09. The van der Waals surface area contributed by atoms with Crippen molar-refractivity contribution < 1.29 is 9.90 Å². The molecule has 2 aromatic carbocycles. The Bertz CT molecular complexity index is 1040. The maximum Gasteiger partial charge on any atom is 0.303 e. The Morgan fingerprint density at radius 1 is 1.17 bits per heavy atom. The van der Waals surface area contributed by atoms with E-state index in [1.807, 2.05) is 31.2 Å². The maximum atomic E-state index is 11.1. The van der Waals surface area contributed by atoms with Gasteiger partial charge in [0, 0.05) is 12.0 Å². The molecule has 0 spiro atoms. The number of aryl methyl sites for hydroxylation is 2. The maximum absolute atomic E-state index is 11.1. The molecule has 120 valence electrons. The predicted molar refractivity (Wildman–Crippen MR) is 96.7 cm³/mol. The third-order valence-electron chi connectivity index (χ3n) is 4.15. The van der Waals surface area contributed by atoms with Gasteiger partial charge in [0.25, 0.3) is 0 Å². The number of fused-ring (bicyclic) bond motifs is 3. The van der Waals surface area contributed by atoms with E-state index < -0.39 is 5.97 Å². The van der Waals surface area contributed by atoms with Crippen LogP contribution in [0.1, 0.15) is 17.7 Å². The van der Waals surface area contributed by atoms with Crippen LogP contribution >= 0.6 is 11.3 Å². The molecule has 5 heteroatoms. The summed E-state index contributed by atoms with van der Waals surface area (Å²) in [6.45, 7) is 2.05. The van der Waals surface area contributed by atoms with Gasteiger partial charge in [0.2, 0.25) is 0 Å². The number of nitrogens with zero attached hydrogens (tertiary/aromatic N) is 2. The Labute approximate surface area is 143 Å². The normalized spacial score (nSPS) is 11.4. The van der Waals surface area contributed by atoms with Crippen LogP contribution in [0.2, 0.25) is 0 Å². The van der Waals surface area contributed by atoms with Crippen LogP contribution in [-0.4, -0.2) is 20.5 Å². The third-order valence-corrected chi connectivity index (χ3v) is 5.17. The van der Waals surface area contributed by atoms with Crippen LogP contribution in [0.4, 0.5) is 0 Å². The van der Waals surface area contributed by atoms with E-state index in [0.29, 0.717) is 6.42 Å². The van der Waals surface area contributed by atoms with Gasteiger partial charge in [-0.15, -0.1) is 0 Å². The lowest BCUT2D eigenvalue weighted by molar-refractivity contribution is -0.136. The highest BCUT2D eigenvalue weighted by molar-refractivity contribution is 7.23. The van der Waals surface area contributed by atoms with E-state index in [4.69, 9.17) is 10.1 Å². The molecular formula is C19H16N2O2S. The second kappa shape index (κ2) is 5.76. The average molecular weight is 336 g/mol. The first-order valence-corrected chi connectivity index (χ1v) is 8.63. The summed E-state index contributed by atoms with van der Waals surface area (Å²) in [6, 6.07) is 16.4. The summed E-state index contributed by atoms with van der Waals surface area (Å²) in [5, 5.41) is 9.12. The SMILES string of the molecule is Cc1ccc(-c2nc3sc4ccccc4n3c2CCC(=O)O)cc1. The Balaban J connectivity index is 1.96. The Morgan fingerprint density at radius 3 is 2.67 bits per heavy atom. The van der Waals surface area contributed by atoms with E-state index in [9.17, 15) is 4.79 Å². The molecule has 0 aliphatic carbocycles. The summed E-state index contributed by atoms with van der Waals surface area (Å²) in [5.74, 6) is -0.792. The van der Waals surface area contributed by atoms with Gasteiger partial charge in [-0.2, -0.15) is 0 Å². The third kappa shape index (κ3) is 2.47. The summed E-state index contributed by atoms with van der Waals surface area (Å²) >= 11 is 1.63. The minimum Gasteiger partial charge on any atom is -0.481 e. The summed E-state index contributed by atoms with van der Waals surface area (Å²) in [7, 11) is 0. The highest BCUT2D eigenvalue weighted by Crippen LogP contribution is 2.33. The summed E-state index contributed by atoms with van der Waals surface area (Å²) < 4.78 is 3.27. The van der Waals surface area contributed by atoms with Crippen molar-refractivity contribution in [1.29, 1.82) is 0 Å². The lowest BCUT2D eigenvalue weighted by Crippen LogP contribution is -2.01. The molecule has 4 nitrogen and oxygen atoms in total. The monoisotopic (exact) mass is 336 g/mol. The van der Waals surface area contributed by atoms with Crippen LogP contribution in [-0.2, 0) is 11.2 Å². The standard InChI is InChI=1S/C19H16N2O2S/c1-12-6-8-13(9-7-12)18-15(10-11-17(22)23)21-14-4-2-3-5-16(14)24-19(21)20-18/h2-9H,10-11H2,1H3,(H,22,23). The molecular weight excluding hydrogens is 320 g/mol. The number of hydrogen-bond acceptors (Lipinski definition) is 3. The van der Waals surface area contributed by atoms with E-state index in [-0.39, 0.29) is 6.42 Å². The van der Waals surface area contributed by atoms with Gasteiger partial charge in [0.05, 0.1) is 28.0 Å². The first-order valence-electron chi connectivity index (χ1n) is 7.81. The minimum absolute atomic E-state index is 0.0941. The van der Waals surface area contributed by atoms with E-state index >= 15 is 0 Å². The molecule has 0 unspecified atom stereocenters. The molecule has 0 amide bonds. The highest BCUT2D eigenvalue weighted by Gasteiger charge is 2.18. The number of aromatic nitrogens is 2. The van der Waals surface area contributed by atoms with Crippen LogP contribution in [0.5, 0.6) is 0 Å². The molecule has 4 aromatic rings. The molecule has 0 atom stereocenters. The number of benzene rings is 2. The molecule has 2 aromatic heterocycles. The van der Waals surface area contributed by atoms with Crippen LogP contribution in [0.3, 0.4) is 0 Å². The van der Waals surface area contributed by atoms with Gasteiger partial charge in [-0.05, 0) is 19.1 Å². The van der Waals surface area contributed by atoms with Crippen molar-refractivity contribution in [3.63, 3.8) is 0 Å². The molecule has 0 radical (unpaired) electrons. The molecule has 0 bridgehead atoms. The van der Waals surface area contributed by atoms with Crippen molar-refractivity contribution in [1.82, 2.24) is 9.38 Å². The Morgan fingerprint density at radius 2 is 1.92 bits per heavy atom. The molecule has 0 saturated carbocycles. The number of thiazole rings is 1. The van der Waals surface area contributed by atoms with Crippen molar-refractivity contribution >= 4 is 32.5 Å². The number of para-hydroxylation sites is 1. The molecule has 0 aliphatic rings. The number of carbonyl (C=O) groups is 1. The summed E-state index contributed by atoms with van der Waals surface area (Å²) in [5.41, 5.74) is 5.16. The molecule has 0 fully saturated rings. The first kappa shape index (κ1) is 14.9. The van der Waals surface area contributed by atoms with Crippen LogP contribution < -0.4 is 0 Å². The zero-order valence-electron chi connectivity index (χ0n) is 13.2. The smallest absolute Gasteiger partial charge is 0.303 e. The van der Waals surface area contributed by atoms with Crippen LogP contribution in [0.25, 0.3) is 26.4 Å². The fraction of sp³-hybridized carbons (Fsp3) is 0.158. The first-order chi connectivity index (χ1) is 11.6. The Hall–Kier alpha value is -2.66. The molecule has 4 rings (SSSR count). The number of imidazole rings is 1. The zero-order valence-corrected chi connectivity index (χ0v) is 14.0. The zero-order chi connectivity index (χ0) is 16.7. The van der Waals surface area contributed by atoms with Crippen LogP contribution in [0.15, 0.2) is 48.5 Å². The lowest BCUT2D eigenvalue weighted by atomic mass is 10.1. The predicted octanol–water partition coefficient (Wildman–Crippen LogP) is 4.54. The quantitative estimate of drug-likeness (QED) is 0.595. The molecule has 24 heavy (non-hydrogen) atoms.